The Balaban J connectivity index is 2.50. The zero-order valence-electron chi connectivity index (χ0n) is 9.71. The van der Waals surface area contributed by atoms with Crippen LogP contribution in [0, 0.1) is 0 Å². The lowest BCUT2D eigenvalue weighted by atomic mass is 10.2. The molecule has 1 aromatic heterocycles. The van der Waals surface area contributed by atoms with Crippen molar-refractivity contribution in [2.75, 3.05) is 25.2 Å². The van der Waals surface area contributed by atoms with Crippen molar-refractivity contribution in [3.8, 4) is 0 Å². The third-order valence-electron chi connectivity index (χ3n) is 2.10. The smallest absolute Gasteiger partial charge is 0.306 e. The molecule has 0 bridgehead atoms. The minimum atomic E-state index is -0.883. The lowest BCUT2D eigenvalue weighted by Gasteiger charge is -2.14. The molecular formula is C10H15N3O3S. The van der Waals surface area contributed by atoms with Gasteiger partial charge in [0.1, 0.15) is 17.2 Å². The topological polar surface area (TPSA) is 84.3 Å². The predicted octanol–water partition coefficient (Wildman–Crippen LogP) is 1.10. The molecule has 1 heterocycles. The fourth-order valence-electron chi connectivity index (χ4n) is 1.20. The highest BCUT2D eigenvalue weighted by molar-refractivity contribution is 7.98. The van der Waals surface area contributed by atoms with Crippen LogP contribution >= 0.6 is 11.8 Å². The highest BCUT2D eigenvalue weighted by atomic mass is 32.2. The SMILES string of the molecule is COC(CNc1cc(SC)ncn1)CC(=O)O. The molecule has 1 unspecified atom stereocenters. The molecule has 7 heteroatoms. The molecule has 0 fully saturated rings. The van der Waals surface area contributed by atoms with E-state index >= 15 is 0 Å². The molecule has 17 heavy (non-hydrogen) atoms. The summed E-state index contributed by atoms with van der Waals surface area (Å²) in [5, 5.41) is 12.5. The number of aromatic nitrogens is 2. The van der Waals surface area contributed by atoms with Gasteiger partial charge in [0.25, 0.3) is 0 Å². The van der Waals surface area contributed by atoms with Crippen molar-refractivity contribution in [2.45, 2.75) is 17.6 Å². The highest BCUT2D eigenvalue weighted by Gasteiger charge is 2.12. The number of rotatable bonds is 7. The Morgan fingerprint density at radius 1 is 1.65 bits per heavy atom. The van der Waals surface area contributed by atoms with Gasteiger partial charge in [-0.15, -0.1) is 11.8 Å². The summed E-state index contributed by atoms with van der Waals surface area (Å²) in [4.78, 5) is 18.6. The van der Waals surface area contributed by atoms with E-state index in [0.29, 0.717) is 12.4 Å². The fourth-order valence-corrected chi connectivity index (χ4v) is 1.58. The van der Waals surface area contributed by atoms with E-state index in [9.17, 15) is 4.79 Å². The molecule has 0 aliphatic heterocycles. The molecule has 0 spiro atoms. The monoisotopic (exact) mass is 257 g/mol. The van der Waals surface area contributed by atoms with Gasteiger partial charge in [-0.25, -0.2) is 9.97 Å². The molecule has 0 saturated heterocycles. The molecule has 0 radical (unpaired) electrons. The zero-order valence-corrected chi connectivity index (χ0v) is 10.5. The Hall–Kier alpha value is -1.34. The third kappa shape index (κ3) is 5.01. The Kier molecular flexibility index (Phi) is 5.71. The number of hydrogen-bond acceptors (Lipinski definition) is 6. The maximum atomic E-state index is 10.5. The lowest BCUT2D eigenvalue weighted by Crippen LogP contribution is -2.25. The van der Waals surface area contributed by atoms with Crippen LogP contribution in [0.15, 0.2) is 17.4 Å². The second-order valence-electron chi connectivity index (χ2n) is 3.28. The maximum Gasteiger partial charge on any atom is 0.306 e. The number of nitrogens with zero attached hydrogens (tertiary/aromatic N) is 2. The number of hydrogen-bond donors (Lipinski definition) is 2. The van der Waals surface area contributed by atoms with Gasteiger partial charge < -0.3 is 15.2 Å². The number of carbonyl (C=O) groups is 1. The van der Waals surface area contributed by atoms with Gasteiger partial charge in [-0.1, -0.05) is 0 Å². The summed E-state index contributed by atoms with van der Waals surface area (Å²) >= 11 is 1.52. The van der Waals surface area contributed by atoms with Crippen LogP contribution in [0.5, 0.6) is 0 Å². The van der Waals surface area contributed by atoms with Crippen molar-refractivity contribution in [1.82, 2.24) is 9.97 Å². The number of methoxy groups -OCH3 is 1. The quantitative estimate of drug-likeness (QED) is 0.559. The van der Waals surface area contributed by atoms with Crippen LogP contribution in [0.4, 0.5) is 5.82 Å². The first-order chi connectivity index (χ1) is 8.15. The van der Waals surface area contributed by atoms with Crippen molar-refractivity contribution in [1.29, 1.82) is 0 Å². The second-order valence-corrected chi connectivity index (χ2v) is 4.11. The van der Waals surface area contributed by atoms with Crippen LogP contribution < -0.4 is 5.32 Å². The van der Waals surface area contributed by atoms with Gasteiger partial charge in [0, 0.05) is 19.7 Å². The van der Waals surface area contributed by atoms with Crippen molar-refractivity contribution < 1.29 is 14.6 Å². The molecule has 0 saturated carbocycles. The van der Waals surface area contributed by atoms with Crippen LogP contribution in [0.25, 0.3) is 0 Å². The van der Waals surface area contributed by atoms with Crippen LogP contribution in [0.3, 0.4) is 0 Å². The minimum Gasteiger partial charge on any atom is -0.481 e. The lowest BCUT2D eigenvalue weighted by molar-refractivity contribution is -0.139. The molecule has 1 rings (SSSR count). The summed E-state index contributed by atoms with van der Waals surface area (Å²) in [6.45, 7) is 0.396. The average molecular weight is 257 g/mol. The number of carboxylic acids is 1. The first-order valence-corrected chi connectivity index (χ1v) is 6.22. The van der Waals surface area contributed by atoms with Gasteiger partial charge in [0.2, 0.25) is 0 Å². The van der Waals surface area contributed by atoms with Gasteiger partial charge in [0.15, 0.2) is 0 Å². The summed E-state index contributed by atoms with van der Waals surface area (Å²) in [6, 6.07) is 1.80. The normalized spacial score (nSPS) is 12.1. The van der Waals surface area contributed by atoms with Crippen LogP contribution in [0.2, 0.25) is 0 Å². The van der Waals surface area contributed by atoms with E-state index in [4.69, 9.17) is 9.84 Å². The van der Waals surface area contributed by atoms with Crippen molar-refractivity contribution in [2.24, 2.45) is 0 Å². The fraction of sp³-hybridized carbons (Fsp3) is 0.500. The van der Waals surface area contributed by atoms with Crippen molar-refractivity contribution in [3.63, 3.8) is 0 Å². The first-order valence-electron chi connectivity index (χ1n) is 5.00. The van der Waals surface area contributed by atoms with Crippen molar-refractivity contribution in [3.05, 3.63) is 12.4 Å². The van der Waals surface area contributed by atoms with Gasteiger partial charge >= 0.3 is 5.97 Å². The van der Waals surface area contributed by atoms with E-state index in [1.807, 2.05) is 6.26 Å². The summed E-state index contributed by atoms with van der Waals surface area (Å²) in [7, 11) is 1.49. The maximum absolute atomic E-state index is 10.5. The summed E-state index contributed by atoms with van der Waals surface area (Å²) in [5.41, 5.74) is 0. The van der Waals surface area contributed by atoms with E-state index in [0.717, 1.165) is 5.03 Å². The number of ether oxygens (including phenoxy) is 1. The summed E-state index contributed by atoms with van der Waals surface area (Å²) in [5.74, 6) is -0.220. The number of nitrogens with one attached hydrogen (secondary N) is 1. The van der Waals surface area contributed by atoms with Gasteiger partial charge in [-0.3, -0.25) is 4.79 Å². The molecule has 1 aromatic rings. The highest BCUT2D eigenvalue weighted by Crippen LogP contribution is 2.13. The van der Waals surface area contributed by atoms with E-state index in [2.05, 4.69) is 15.3 Å². The number of thioether (sulfide) groups is 1. The molecule has 0 aliphatic carbocycles. The average Bonchev–Trinajstić information content (AvgIpc) is 2.34. The molecule has 94 valence electrons. The zero-order chi connectivity index (χ0) is 12.7. The molecule has 1 atom stereocenters. The second kappa shape index (κ2) is 7.08. The summed E-state index contributed by atoms with van der Waals surface area (Å²) in [6.07, 6.45) is 2.98. The molecule has 2 N–H and O–H groups in total. The number of aliphatic carboxylic acids is 1. The van der Waals surface area contributed by atoms with E-state index < -0.39 is 5.97 Å². The van der Waals surface area contributed by atoms with Gasteiger partial charge in [0.05, 0.1) is 12.5 Å². The number of carboxylic acid groups (broad SMARTS) is 1. The summed E-state index contributed by atoms with van der Waals surface area (Å²) < 4.78 is 5.05. The molecular weight excluding hydrogens is 242 g/mol. The van der Waals surface area contributed by atoms with Crippen molar-refractivity contribution >= 4 is 23.5 Å². The van der Waals surface area contributed by atoms with Crippen LogP contribution in [0.1, 0.15) is 6.42 Å². The van der Waals surface area contributed by atoms with E-state index in [1.54, 1.807) is 6.07 Å². The first kappa shape index (κ1) is 13.7. The third-order valence-corrected chi connectivity index (χ3v) is 2.74. The Labute approximate surface area is 104 Å². The van der Waals surface area contributed by atoms with Gasteiger partial charge in [-0.2, -0.15) is 0 Å². The standard InChI is InChI=1S/C10H15N3O3S/c1-16-7(3-10(14)15)5-11-8-4-9(17-2)13-6-12-8/h4,6-7H,3,5H2,1-2H3,(H,14,15)(H,11,12,13). The largest absolute Gasteiger partial charge is 0.481 e. The van der Waals surface area contributed by atoms with E-state index in [-0.39, 0.29) is 12.5 Å². The van der Waals surface area contributed by atoms with Gasteiger partial charge in [-0.05, 0) is 6.26 Å². The Morgan fingerprint density at radius 2 is 2.41 bits per heavy atom. The molecule has 6 nitrogen and oxygen atoms in total. The molecule has 0 aromatic carbocycles. The van der Waals surface area contributed by atoms with Crippen LogP contribution in [-0.2, 0) is 9.53 Å². The number of anilines is 1. The predicted molar refractivity (Wildman–Crippen MR) is 65.4 cm³/mol. The molecule has 0 amide bonds. The molecule has 0 aliphatic rings. The van der Waals surface area contributed by atoms with Crippen LogP contribution in [-0.4, -0.2) is 47.1 Å². The van der Waals surface area contributed by atoms with E-state index in [1.165, 1.54) is 25.2 Å². The Morgan fingerprint density at radius 3 is 3.00 bits per heavy atom. The Bertz CT molecular complexity index is 376. The minimum absolute atomic E-state index is 0.0377.